The van der Waals surface area contributed by atoms with Crippen molar-refractivity contribution in [3.8, 4) is 17.3 Å². The van der Waals surface area contributed by atoms with E-state index in [-0.39, 0.29) is 5.75 Å². The molecule has 0 fully saturated rings. The van der Waals surface area contributed by atoms with Crippen molar-refractivity contribution in [1.82, 2.24) is 15.1 Å². The summed E-state index contributed by atoms with van der Waals surface area (Å²) in [6.45, 7) is 0. The summed E-state index contributed by atoms with van der Waals surface area (Å²) in [5, 5.41) is 13.3. The van der Waals surface area contributed by atoms with Crippen molar-refractivity contribution in [2.75, 3.05) is 0 Å². The van der Waals surface area contributed by atoms with Crippen molar-refractivity contribution < 1.29 is 9.63 Å². The second kappa shape index (κ2) is 4.37. The van der Waals surface area contributed by atoms with Crippen molar-refractivity contribution in [3.63, 3.8) is 0 Å². The highest BCUT2D eigenvalue weighted by atomic mass is 16.5. The lowest BCUT2D eigenvalue weighted by atomic mass is 10.1. The van der Waals surface area contributed by atoms with Gasteiger partial charge in [-0.25, -0.2) is 0 Å². The SMILES string of the molecule is Oc1cccc(Cc2nc(-c3ccc[nH]3)no2)c1. The van der Waals surface area contributed by atoms with Crippen molar-refractivity contribution in [1.29, 1.82) is 0 Å². The van der Waals surface area contributed by atoms with E-state index in [1.165, 1.54) is 0 Å². The maximum Gasteiger partial charge on any atom is 0.231 e. The molecule has 0 saturated carbocycles. The number of hydrogen-bond acceptors (Lipinski definition) is 4. The first-order valence-corrected chi connectivity index (χ1v) is 5.55. The van der Waals surface area contributed by atoms with Gasteiger partial charge >= 0.3 is 0 Å². The minimum atomic E-state index is 0.233. The molecule has 2 aromatic heterocycles. The van der Waals surface area contributed by atoms with Gasteiger partial charge in [-0.2, -0.15) is 4.98 Å². The first kappa shape index (κ1) is 10.6. The molecule has 0 saturated heterocycles. The van der Waals surface area contributed by atoms with Crippen molar-refractivity contribution in [2.24, 2.45) is 0 Å². The predicted octanol–water partition coefficient (Wildman–Crippen LogP) is 2.36. The third-order valence-corrected chi connectivity index (χ3v) is 2.57. The van der Waals surface area contributed by atoms with Crippen LogP contribution in [0.4, 0.5) is 0 Å². The zero-order valence-corrected chi connectivity index (χ0v) is 9.50. The van der Waals surface area contributed by atoms with E-state index in [1.807, 2.05) is 18.2 Å². The Morgan fingerprint density at radius 1 is 1.22 bits per heavy atom. The Bertz CT molecular complexity index is 644. The van der Waals surface area contributed by atoms with Gasteiger partial charge in [0.1, 0.15) is 5.75 Å². The van der Waals surface area contributed by atoms with E-state index in [9.17, 15) is 5.11 Å². The molecule has 90 valence electrons. The molecular formula is C13H11N3O2. The smallest absolute Gasteiger partial charge is 0.231 e. The van der Waals surface area contributed by atoms with Crippen molar-refractivity contribution in [3.05, 3.63) is 54.0 Å². The lowest BCUT2D eigenvalue weighted by molar-refractivity contribution is 0.385. The van der Waals surface area contributed by atoms with E-state index in [4.69, 9.17) is 4.52 Å². The summed E-state index contributed by atoms with van der Waals surface area (Å²) in [6, 6.07) is 10.7. The number of aromatic nitrogens is 3. The number of nitrogens with one attached hydrogen (secondary N) is 1. The van der Waals surface area contributed by atoms with Crippen LogP contribution in [0, 0.1) is 0 Å². The quantitative estimate of drug-likeness (QED) is 0.738. The van der Waals surface area contributed by atoms with Gasteiger partial charge in [-0.05, 0) is 29.8 Å². The van der Waals surface area contributed by atoms with E-state index in [1.54, 1.807) is 24.4 Å². The van der Waals surface area contributed by atoms with Crippen LogP contribution in [0.3, 0.4) is 0 Å². The highest BCUT2D eigenvalue weighted by Crippen LogP contribution is 2.17. The van der Waals surface area contributed by atoms with Gasteiger partial charge < -0.3 is 14.6 Å². The second-order valence-corrected chi connectivity index (χ2v) is 3.94. The average molecular weight is 241 g/mol. The van der Waals surface area contributed by atoms with Gasteiger partial charge in [0.2, 0.25) is 11.7 Å². The first-order valence-electron chi connectivity index (χ1n) is 5.55. The molecule has 0 aliphatic heterocycles. The molecule has 0 spiro atoms. The van der Waals surface area contributed by atoms with Crippen LogP contribution in [-0.2, 0) is 6.42 Å². The number of nitrogens with zero attached hydrogens (tertiary/aromatic N) is 2. The van der Waals surface area contributed by atoms with Gasteiger partial charge in [0, 0.05) is 6.20 Å². The van der Waals surface area contributed by atoms with Gasteiger partial charge in [-0.1, -0.05) is 17.3 Å². The van der Waals surface area contributed by atoms with E-state index in [2.05, 4.69) is 15.1 Å². The molecule has 0 aliphatic rings. The van der Waals surface area contributed by atoms with Crippen molar-refractivity contribution >= 4 is 0 Å². The Kier molecular flexibility index (Phi) is 2.57. The maximum absolute atomic E-state index is 9.37. The average Bonchev–Trinajstić information content (AvgIpc) is 2.98. The van der Waals surface area contributed by atoms with Crippen LogP contribution in [0.2, 0.25) is 0 Å². The Morgan fingerprint density at radius 2 is 2.17 bits per heavy atom. The molecule has 2 heterocycles. The molecule has 0 atom stereocenters. The lowest BCUT2D eigenvalue weighted by Crippen LogP contribution is -1.88. The highest BCUT2D eigenvalue weighted by molar-refractivity contribution is 5.47. The molecule has 3 rings (SSSR count). The fraction of sp³-hybridized carbons (Fsp3) is 0.0769. The number of H-pyrrole nitrogens is 1. The summed E-state index contributed by atoms with van der Waals surface area (Å²) in [4.78, 5) is 7.30. The summed E-state index contributed by atoms with van der Waals surface area (Å²) in [5.74, 6) is 1.29. The van der Waals surface area contributed by atoms with Crippen molar-refractivity contribution in [2.45, 2.75) is 6.42 Å². The standard InChI is InChI=1S/C13H11N3O2/c17-10-4-1-3-9(7-10)8-12-15-13(16-18-12)11-5-2-6-14-11/h1-7,14,17H,8H2. The normalized spacial score (nSPS) is 10.7. The van der Waals surface area contributed by atoms with Crippen LogP contribution in [0.5, 0.6) is 5.75 Å². The molecule has 0 aliphatic carbocycles. The maximum atomic E-state index is 9.37. The van der Waals surface area contributed by atoms with Crippen LogP contribution in [-0.4, -0.2) is 20.2 Å². The van der Waals surface area contributed by atoms with Crippen LogP contribution in [0.25, 0.3) is 11.5 Å². The second-order valence-electron chi connectivity index (χ2n) is 3.94. The third-order valence-electron chi connectivity index (χ3n) is 2.57. The number of rotatable bonds is 3. The topological polar surface area (TPSA) is 74.9 Å². The van der Waals surface area contributed by atoms with Gasteiger partial charge in [0.25, 0.3) is 0 Å². The highest BCUT2D eigenvalue weighted by Gasteiger charge is 2.09. The van der Waals surface area contributed by atoms with Crippen LogP contribution < -0.4 is 0 Å². The summed E-state index contributed by atoms with van der Waals surface area (Å²) < 4.78 is 5.17. The first-order chi connectivity index (χ1) is 8.81. The third kappa shape index (κ3) is 2.10. The number of phenols is 1. The number of phenolic OH excluding ortho intramolecular Hbond substituents is 1. The minimum Gasteiger partial charge on any atom is -0.508 e. The number of aromatic amines is 1. The van der Waals surface area contributed by atoms with Gasteiger partial charge in [0.05, 0.1) is 12.1 Å². The van der Waals surface area contributed by atoms with E-state index in [0.717, 1.165) is 11.3 Å². The zero-order chi connectivity index (χ0) is 12.4. The number of aromatic hydroxyl groups is 1. The molecule has 5 nitrogen and oxygen atoms in total. The Balaban J connectivity index is 1.82. The molecule has 0 radical (unpaired) electrons. The summed E-state index contributed by atoms with van der Waals surface area (Å²) in [7, 11) is 0. The van der Waals surface area contributed by atoms with Crippen LogP contribution in [0.15, 0.2) is 47.1 Å². The molecule has 0 amide bonds. The molecule has 0 bridgehead atoms. The molecule has 0 unspecified atom stereocenters. The Hall–Kier alpha value is -2.56. The van der Waals surface area contributed by atoms with Gasteiger partial charge in [-0.3, -0.25) is 0 Å². The van der Waals surface area contributed by atoms with E-state index < -0.39 is 0 Å². The molecule has 5 heteroatoms. The fourth-order valence-corrected chi connectivity index (χ4v) is 1.75. The molecule has 3 aromatic rings. The van der Waals surface area contributed by atoms with Gasteiger partial charge in [0.15, 0.2) is 0 Å². The number of benzene rings is 1. The molecule has 1 aromatic carbocycles. The van der Waals surface area contributed by atoms with Gasteiger partial charge in [-0.15, -0.1) is 0 Å². The largest absolute Gasteiger partial charge is 0.508 e. The monoisotopic (exact) mass is 241 g/mol. The predicted molar refractivity (Wildman–Crippen MR) is 65.0 cm³/mol. The molecular weight excluding hydrogens is 230 g/mol. The molecule has 2 N–H and O–H groups in total. The minimum absolute atomic E-state index is 0.233. The van der Waals surface area contributed by atoms with E-state index >= 15 is 0 Å². The number of hydrogen-bond donors (Lipinski definition) is 2. The lowest BCUT2D eigenvalue weighted by Gasteiger charge is -1.96. The zero-order valence-electron chi connectivity index (χ0n) is 9.50. The summed E-state index contributed by atoms with van der Waals surface area (Å²) >= 11 is 0. The summed E-state index contributed by atoms with van der Waals surface area (Å²) in [5.41, 5.74) is 1.75. The fourth-order valence-electron chi connectivity index (χ4n) is 1.75. The van der Waals surface area contributed by atoms with Crippen LogP contribution >= 0.6 is 0 Å². The molecule has 18 heavy (non-hydrogen) atoms. The van der Waals surface area contributed by atoms with Crippen LogP contribution in [0.1, 0.15) is 11.5 Å². The Morgan fingerprint density at radius 3 is 2.94 bits per heavy atom. The van der Waals surface area contributed by atoms with E-state index in [0.29, 0.717) is 18.1 Å². The Labute approximate surface area is 103 Å². The summed E-state index contributed by atoms with van der Waals surface area (Å²) in [6.07, 6.45) is 2.31.